The molecule has 2 aromatic heterocycles. The standard InChI is InChI=1S/C9H12F2N8O/c10-9(11,5-20)4-13-6-15-7(18-12)17-8(16-6)19-3-1-2-14-19/h1-3,20H,4-5,12H2,(H2,13,15,16,17,18). The molecule has 2 aromatic rings. The summed E-state index contributed by atoms with van der Waals surface area (Å²) in [7, 11) is 0. The van der Waals surface area contributed by atoms with Gasteiger partial charge in [0.1, 0.15) is 6.61 Å². The number of aliphatic hydroxyl groups is 1. The summed E-state index contributed by atoms with van der Waals surface area (Å²) in [5.74, 6) is 1.89. The molecule has 108 valence electrons. The van der Waals surface area contributed by atoms with Crippen molar-refractivity contribution in [2.24, 2.45) is 5.84 Å². The molecular formula is C9H12F2N8O. The van der Waals surface area contributed by atoms with Gasteiger partial charge in [-0.05, 0) is 6.07 Å². The summed E-state index contributed by atoms with van der Waals surface area (Å²) >= 11 is 0. The Labute approximate surface area is 111 Å². The molecule has 0 aliphatic rings. The molecule has 0 aromatic carbocycles. The van der Waals surface area contributed by atoms with Gasteiger partial charge < -0.3 is 10.4 Å². The smallest absolute Gasteiger partial charge is 0.287 e. The number of nitrogens with zero attached hydrogens (tertiary/aromatic N) is 5. The predicted molar refractivity (Wildman–Crippen MR) is 65.3 cm³/mol. The van der Waals surface area contributed by atoms with Gasteiger partial charge >= 0.3 is 0 Å². The Hall–Kier alpha value is -2.40. The monoisotopic (exact) mass is 286 g/mol. The lowest BCUT2D eigenvalue weighted by molar-refractivity contribution is -0.0374. The zero-order chi connectivity index (χ0) is 14.6. The van der Waals surface area contributed by atoms with E-state index in [1.165, 1.54) is 10.9 Å². The van der Waals surface area contributed by atoms with Crippen LogP contribution in [0.1, 0.15) is 0 Å². The number of hydrogen-bond donors (Lipinski definition) is 4. The summed E-state index contributed by atoms with van der Waals surface area (Å²) < 4.78 is 27.2. The summed E-state index contributed by atoms with van der Waals surface area (Å²) in [6.07, 6.45) is 3.08. The Kier molecular flexibility index (Phi) is 4.00. The van der Waals surface area contributed by atoms with Crippen LogP contribution in [-0.4, -0.2) is 48.9 Å². The number of anilines is 2. The molecule has 0 radical (unpaired) electrons. The number of nitrogens with two attached hydrogens (primary N) is 1. The van der Waals surface area contributed by atoms with Gasteiger partial charge in [0.05, 0.1) is 6.54 Å². The van der Waals surface area contributed by atoms with Crippen molar-refractivity contribution in [1.82, 2.24) is 24.7 Å². The fraction of sp³-hybridized carbons (Fsp3) is 0.333. The topological polar surface area (TPSA) is 127 Å². The van der Waals surface area contributed by atoms with Crippen LogP contribution in [-0.2, 0) is 0 Å². The molecule has 0 amide bonds. The number of rotatable bonds is 6. The van der Waals surface area contributed by atoms with Gasteiger partial charge in [0.15, 0.2) is 0 Å². The van der Waals surface area contributed by atoms with Crippen LogP contribution in [0.3, 0.4) is 0 Å². The maximum Gasteiger partial charge on any atom is 0.287 e. The average molecular weight is 286 g/mol. The third-order valence-electron chi connectivity index (χ3n) is 2.20. The van der Waals surface area contributed by atoms with Crippen molar-refractivity contribution in [3.63, 3.8) is 0 Å². The van der Waals surface area contributed by atoms with E-state index in [-0.39, 0.29) is 17.8 Å². The number of hydrogen-bond acceptors (Lipinski definition) is 8. The molecule has 5 N–H and O–H groups in total. The first kappa shape index (κ1) is 14.0. The van der Waals surface area contributed by atoms with E-state index in [1.54, 1.807) is 12.3 Å². The van der Waals surface area contributed by atoms with Crippen LogP contribution in [0.25, 0.3) is 5.95 Å². The molecule has 0 bridgehead atoms. The first-order valence-electron chi connectivity index (χ1n) is 5.49. The lowest BCUT2D eigenvalue weighted by atomic mass is 10.3. The third kappa shape index (κ3) is 3.33. The zero-order valence-electron chi connectivity index (χ0n) is 10.2. The van der Waals surface area contributed by atoms with Gasteiger partial charge in [-0.25, -0.2) is 19.3 Å². The van der Waals surface area contributed by atoms with Gasteiger partial charge in [0, 0.05) is 12.4 Å². The van der Waals surface area contributed by atoms with Crippen molar-refractivity contribution in [2.45, 2.75) is 5.92 Å². The van der Waals surface area contributed by atoms with Crippen LogP contribution in [0.4, 0.5) is 20.7 Å². The van der Waals surface area contributed by atoms with Crippen molar-refractivity contribution >= 4 is 11.9 Å². The summed E-state index contributed by atoms with van der Waals surface area (Å²) in [6, 6.07) is 1.65. The van der Waals surface area contributed by atoms with Gasteiger partial charge in [0.25, 0.3) is 11.9 Å². The summed E-state index contributed by atoms with van der Waals surface area (Å²) in [5, 5.41) is 14.7. The van der Waals surface area contributed by atoms with Crippen LogP contribution in [0.15, 0.2) is 18.5 Å². The van der Waals surface area contributed by atoms with E-state index >= 15 is 0 Å². The molecule has 11 heteroatoms. The lowest BCUT2D eigenvalue weighted by Crippen LogP contribution is -2.31. The molecular weight excluding hydrogens is 274 g/mol. The predicted octanol–water partition coefficient (Wildman–Crippen LogP) is -0.618. The minimum Gasteiger partial charge on any atom is -0.390 e. The van der Waals surface area contributed by atoms with Crippen LogP contribution >= 0.6 is 0 Å². The van der Waals surface area contributed by atoms with E-state index in [1.807, 2.05) is 0 Å². The largest absolute Gasteiger partial charge is 0.390 e. The molecule has 0 aliphatic heterocycles. The Morgan fingerprint density at radius 1 is 1.30 bits per heavy atom. The molecule has 0 unspecified atom stereocenters. The highest BCUT2D eigenvalue weighted by Crippen LogP contribution is 2.14. The van der Waals surface area contributed by atoms with E-state index in [9.17, 15) is 8.78 Å². The number of alkyl halides is 2. The normalized spacial score (nSPS) is 11.4. The molecule has 2 rings (SSSR count). The van der Waals surface area contributed by atoms with Crippen molar-refractivity contribution in [2.75, 3.05) is 23.9 Å². The second-order valence-corrected chi connectivity index (χ2v) is 3.75. The Bertz CT molecular complexity index is 561. The number of aliphatic hydroxyl groups excluding tert-OH is 1. The van der Waals surface area contributed by atoms with Gasteiger partial charge in [-0.3, -0.25) is 5.43 Å². The number of halogens is 2. The molecule has 0 aliphatic carbocycles. The second-order valence-electron chi connectivity index (χ2n) is 3.75. The minimum absolute atomic E-state index is 0.0136. The Morgan fingerprint density at radius 3 is 2.65 bits per heavy atom. The van der Waals surface area contributed by atoms with Gasteiger partial charge in [0.2, 0.25) is 11.9 Å². The summed E-state index contributed by atoms with van der Waals surface area (Å²) in [6.45, 7) is -2.10. The molecule has 0 spiro atoms. The van der Waals surface area contributed by atoms with Crippen molar-refractivity contribution in [3.05, 3.63) is 18.5 Å². The maximum absolute atomic E-state index is 13.0. The van der Waals surface area contributed by atoms with Crippen LogP contribution in [0, 0.1) is 0 Å². The molecule has 0 fully saturated rings. The van der Waals surface area contributed by atoms with E-state index in [2.05, 4.69) is 30.8 Å². The highest BCUT2D eigenvalue weighted by atomic mass is 19.3. The van der Waals surface area contributed by atoms with E-state index in [4.69, 9.17) is 10.9 Å². The first-order chi connectivity index (χ1) is 9.54. The number of hydrazine groups is 1. The molecule has 20 heavy (non-hydrogen) atoms. The molecule has 0 atom stereocenters. The van der Waals surface area contributed by atoms with E-state index in [0.717, 1.165) is 0 Å². The van der Waals surface area contributed by atoms with E-state index in [0.29, 0.717) is 0 Å². The number of nitrogen functional groups attached to an aromatic ring is 1. The van der Waals surface area contributed by atoms with Gasteiger partial charge in [-0.2, -0.15) is 20.1 Å². The molecule has 0 saturated carbocycles. The minimum atomic E-state index is -3.28. The van der Waals surface area contributed by atoms with E-state index < -0.39 is 19.1 Å². The number of aromatic nitrogens is 5. The second kappa shape index (κ2) is 5.71. The average Bonchev–Trinajstić information content (AvgIpc) is 2.99. The molecule has 2 heterocycles. The van der Waals surface area contributed by atoms with Crippen LogP contribution < -0.4 is 16.6 Å². The SMILES string of the molecule is NNc1nc(NCC(F)(F)CO)nc(-n2cccn2)n1. The maximum atomic E-state index is 13.0. The van der Waals surface area contributed by atoms with Crippen molar-refractivity contribution in [3.8, 4) is 5.95 Å². The van der Waals surface area contributed by atoms with Gasteiger partial charge in [-0.1, -0.05) is 0 Å². The van der Waals surface area contributed by atoms with Crippen molar-refractivity contribution < 1.29 is 13.9 Å². The molecule has 0 saturated heterocycles. The van der Waals surface area contributed by atoms with Crippen molar-refractivity contribution in [1.29, 1.82) is 0 Å². The Morgan fingerprint density at radius 2 is 2.05 bits per heavy atom. The summed E-state index contributed by atoms with van der Waals surface area (Å²) in [4.78, 5) is 11.6. The molecule has 9 nitrogen and oxygen atoms in total. The lowest BCUT2D eigenvalue weighted by Gasteiger charge is -2.14. The van der Waals surface area contributed by atoms with Gasteiger partial charge in [-0.15, -0.1) is 0 Å². The van der Waals surface area contributed by atoms with Crippen LogP contribution in [0.5, 0.6) is 0 Å². The number of nitrogens with one attached hydrogen (secondary N) is 2. The summed E-state index contributed by atoms with van der Waals surface area (Å²) in [5.41, 5.74) is 2.20. The zero-order valence-corrected chi connectivity index (χ0v) is 10.2. The fourth-order valence-electron chi connectivity index (χ4n) is 1.26. The highest BCUT2D eigenvalue weighted by molar-refractivity contribution is 5.37. The first-order valence-corrected chi connectivity index (χ1v) is 5.49. The fourth-order valence-corrected chi connectivity index (χ4v) is 1.26. The Balaban J connectivity index is 2.23. The van der Waals surface area contributed by atoms with Crippen LogP contribution in [0.2, 0.25) is 0 Å². The third-order valence-corrected chi connectivity index (χ3v) is 2.20. The highest BCUT2D eigenvalue weighted by Gasteiger charge is 2.27. The quantitative estimate of drug-likeness (QED) is 0.409.